The Labute approximate surface area is 109 Å². The lowest BCUT2D eigenvalue weighted by atomic mass is 10.1. The molecule has 19 heavy (non-hydrogen) atoms. The van der Waals surface area contributed by atoms with Crippen LogP contribution in [0.25, 0.3) is 21.8 Å². The van der Waals surface area contributed by atoms with E-state index in [1.807, 2.05) is 36.4 Å². The molecule has 0 fully saturated rings. The molecule has 1 heterocycles. The molecule has 1 aromatic heterocycles. The van der Waals surface area contributed by atoms with Crippen LogP contribution in [0.1, 0.15) is 12.0 Å². The molecular formula is C16H11NO2. The number of H-pyrrole nitrogens is 1. The maximum absolute atomic E-state index is 10.4. The van der Waals surface area contributed by atoms with Crippen LogP contribution < -0.4 is 0 Å². The highest BCUT2D eigenvalue weighted by atomic mass is 16.4. The molecule has 0 amide bonds. The van der Waals surface area contributed by atoms with E-state index >= 15 is 0 Å². The average molecular weight is 249 g/mol. The summed E-state index contributed by atoms with van der Waals surface area (Å²) in [6.45, 7) is 0. The van der Waals surface area contributed by atoms with Gasteiger partial charge in [-0.1, -0.05) is 30.0 Å². The van der Waals surface area contributed by atoms with Gasteiger partial charge in [-0.25, -0.2) is 0 Å². The summed E-state index contributed by atoms with van der Waals surface area (Å²) in [4.78, 5) is 13.8. The Morgan fingerprint density at radius 2 is 1.89 bits per heavy atom. The van der Waals surface area contributed by atoms with Crippen LogP contribution >= 0.6 is 0 Å². The minimum Gasteiger partial charge on any atom is -0.481 e. The van der Waals surface area contributed by atoms with E-state index in [4.69, 9.17) is 5.11 Å². The summed E-state index contributed by atoms with van der Waals surface area (Å²) in [7, 11) is 0. The summed E-state index contributed by atoms with van der Waals surface area (Å²) in [5, 5.41) is 10.8. The first-order valence-corrected chi connectivity index (χ1v) is 5.95. The van der Waals surface area contributed by atoms with Gasteiger partial charge >= 0.3 is 5.97 Å². The molecule has 92 valence electrons. The maximum atomic E-state index is 10.4. The van der Waals surface area contributed by atoms with Crippen molar-refractivity contribution >= 4 is 27.8 Å². The fourth-order valence-electron chi connectivity index (χ4n) is 2.15. The number of nitrogens with one attached hydrogen (secondary N) is 1. The van der Waals surface area contributed by atoms with Gasteiger partial charge in [-0.05, 0) is 24.3 Å². The summed E-state index contributed by atoms with van der Waals surface area (Å²) in [5.74, 6) is 4.62. The van der Waals surface area contributed by atoms with Crippen molar-refractivity contribution in [3.05, 3.63) is 48.0 Å². The Hall–Kier alpha value is -2.73. The molecule has 3 rings (SSSR count). The molecule has 0 bridgehead atoms. The molecular weight excluding hydrogens is 238 g/mol. The second kappa shape index (κ2) is 4.51. The third kappa shape index (κ3) is 2.16. The number of benzene rings is 2. The number of rotatable bonds is 1. The van der Waals surface area contributed by atoms with Crippen molar-refractivity contribution in [1.29, 1.82) is 0 Å². The monoisotopic (exact) mass is 249 g/mol. The Bertz CT molecular complexity index is 834. The number of aliphatic carboxylic acids is 1. The normalized spacial score (nSPS) is 10.3. The van der Waals surface area contributed by atoms with E-state index in [9.17, 15) is 4.79 Å². The molecule has 0 saturated carbocycles. The predicted octanol–water partition coefficient (Wildman–Crippen LogP) is 3.15. The molecule has 0 spiro atoms. The number of carboxylic acids is 1. The standard InChI is InChI=1S/C16H11NO2/c18-16(19)7-3-4-11-8-9-15-13(10-11)12-5-1-2-6-14(12)17-15/h1-2,5-6,8-10,17H,7H2,(H,18,19). The highest BCUT2D eigenvalue weighted by Crippen LogP contribution is 2.25. The van der Waals surface area contributed by atoms with Crippen molar-refractivity contribution in [2.75, 3.05) is 0 Å². The van der Waals surface area contributed by atoms with Gasteiger partial charge in [-0.15, -0.1) is 0 Å². The van der Waals surface area contributed by atoms with E-state index < -0.39 is 5.97 Å². The quantitative estimate of drug-likeness (QED) is 0.651. The van der Waals surface area contributed by atoms with Crippen molar-refractivity contribution in [1.82, 2.24) is 4.98 Å². The highest BCUT2D eigenvalue weighted by Gasteiger charge is 2.03. The summed E-state index contributed by atoms with van der Waals surface area (Å²) in [5.41, 5.74) is 2.98. The summed E-state index contributed by atoms with van der Waals surface area (Å²) in [6.07, 6.45) is -0.133. The minimum absolute atomic E-state index is 0.133. The predicted molar refractivity (Wildman–Crippen MR) is 74.9 cm³/mol. The van der Waals surface area contributed by atoms with Crippen molar-refractivity contribution in [3.63, 3.8) is 0 Å². The Morgan fingerprint density at radius 3 is 2.74 bits per heavy atom. The molecule has 0 saturated heterocycles. The van der Waals surface area contributed by atoms with Crippen LogP contribution in [0, 0.1) is 11.8 Å². The van der Waals surface area contributed by atoms with Gasteiger partial charge in [0.05, 0.1) is 0 Å². The number of hydrogen-bond donors (Lipinski definition) is 2. The molecule has 3 heteroatoms. The number of aromatic amines is 1. The number of aromatic nitrogens is 1. The van der Waals surface area contributed by atoms with Crippen LogP contribution in [0.2, 0.25) is 0 Å². The van der Waals surface area contributed by atoms with Crippen LogP contribution in [0.3, 0.4) is 0 Å². The third-order valence-electron chi connectivity index (χ3n) is 2.98. The Morgan fingerprint density at radius 1 is 1.11 bits per heavy atom. The maximum Gasteiger partial charge on any atom is 0.315 e. The minimum atomic E-state index is -0.902. The third-order valence-corrected chi connectivity index (χ3v) is 2.98. The smallest absolute Gasteiger partial charge is 0.315 e. The Balaban J connectivity index is 2.10. The number of fused-ring (bicyclic) bond motifs is 3. The van der Waals surface area contributed by atoms with Gasteiger partial charge in [0, 0.05) is 27.4 Å². The fraction of sp³-hybridized carbons (Fsp3) is 0.0625. The topological polar surface area (TPSA) is 53.1 Å². The highest BCUT2D eigenvalue weighted by molar-refractivity contribution is 6.07. The SMILES string of the molecule is O=C(O)CC#Cc1ccc2[nH]c3ccccc3c2c1. The summed E-state index contributed by atoms with van der Waals surface area (Å²) >= 11 is 0. The zero-order chi connectivity index (χ0) is 13.2. The van der Waals surface area contributed by atoms with E-state index in [0.717, 1.165) is 27.4 Å². The van der Waals surface area contributed by atoms with Crippen LogP contribution in [0.15, 0.2) is 42.5 Å². The van der Waals surface area contributed by atoms with Crippen LogP contribution in [-0.2, 0) is 4.79 Å². The first-order chi connectivity index (χ1) is 9.24. The van der Waals surface area contributed by atoms with Crippen molar-refractivity contribution in [2.24, 2.45) is 0 Å². The van der Waals surface area contributed by atoms with Gasteiger partial charge in [0.1, 0.15) is 6.42 Å². The number of carbonyl (C=O) groups is 1. The second-order valence-corrected chi connectivity index (χ2v) is 4.30. The number of hydrogen-bond acceptors (Lipinski definition) is 1. The van der Waals surface area contributed by atoms with Crippen molar-refractivity contribution in [3.8, 4) is 11.8 Å². The lowest BCUT2D eigenvalue weighted by Gasteiger charge is -1.93. The molecule has 3 aromatic rings. The second-order valence-electron chi connectivity index (χ2n) is 4.30. The van der Waals surface area contributed by atoms with E-state index in [-0.39, 0.29) is 6.42 Å². The molecule has 0 radical (unpaired) electrons. The van der Waals surface area contributed by atoms with Gasteiger partial charge in [-0.3, -0.25) is 4.79 Å². The summed E-state index contributed by atoms with van der Waals surface area (Å²) in [6, 6.07) is 13.9. The summed E-state index contributed by atoms with van der Waals surface area (Å²) < 4.78 is 0. The number of carboxylic acid groups (broad SMARTS) is 1. The fourth-order valence-corrected chi connectivity index (χ4v) is 2.15. The molecule has 0 atom stereocenters. The zero-order valence-electron chi connectivity index (χ0n) is 10.1. The van der Waals surface area contributed by atoms with Crippen LogP contribution in [0.4, 0.5) is 0 Å². The number of para-hydroxylation sites is 1. The van der Waals surface area contributed by atoms with Crippen LogP contribution in [-0.4, -0.2) is 16.1 Å². The molecule has 0 aliphatic carbocycles. The van der Waals surface area contributed by atoms with Gasteiger partial charge in [0.15, 0.2) is 0 Å². The van der Waals surface area contributed by atoms with Gasteiger partial charge in [0.25, 0.3) is 0 Å². The van der Waals surface area contributed by atoms with Crippen LogP contribution in [0.5, 0.6) is 0 Å². The first kappa shape index (κ1) is 11.4. The largest absolute Gasteiger partial charge is 0.481 e. The molecule has 2 N–H and O–H groups in total. The van der Waals surface area contributed by atoms with Gasteiger partial charge in [-0.2, -0.15) is 0 Å². The van der Waals surface area contributed by atoms with E-state index in [0.29, 0.717) is 0 Å². The lowest BCUT2D eigenvalue weighted by molar-refractivity contribution is -0.135. The van der Waals surface area contributed by atoms with Crippen molar-refractivity contribution in [2.45, 2.75) is 6.42 Å². The molecule has 0 unspecified atom stereocenters. The lowest BCUT2D eigenvalue weighted by Crippen LogP contribution is -1.90. The molecule has 0 aliphatic rings. The van der Waals surface area contributed by atoms with E-state index in [1.54, 1.807) is 0 Å². The Kier molecular flexibility index (Phi) is 2.70. The molecule has 2 aromatic carbocycles. The first-order valence-electron chi connectivity index (χ1n) is 5.95. The van der Waals surface area contributed by atoms with E-state index in [2.05, 4.69) is 22.9 Å². The average Bonchev–Trinajstić information content (AvgIpc) is 2.76. The van der Waals surface area contributed by atoms with Gasteiger partial charge < -0.3 is 10.1 Å². The van der Waals surface area contributed by atoms with E-state index in [1.165, 1.54) is 0 Å². The molecule has 0 aliphatic heterocycles. The van der Waals surface area contributed by atoms with Crippen molar-refractivity contribution < 1.29 is 9.90 Å². The van der Waals surface area contributed by atoms with Gasteiger partial charge in [0.2, 0.25) is 0 Å². The molecule has 3 nitrogen and oxygen atoms in total. The zero-order valence-corrected chi connectivity index (χ0v) is 10.1.